The van der Waals surface area contributed by atoms with Crippen molar-refractivity contribution in [2.24, 2.45) is 5.73 Å². The monoisotopic (exact) mass is 202 g/mol. The predicted octanol–water partition coefficient (Wildman–Crippen LogP) is 2.67. The summed E-state index contributed by atoms with van der Waals surface area (Å²) >= 11 is 0. The van der Waals surface area contributed by atoms with E-state index in [9.17, 15) is 0 Å². The summed E-state index contributed by atoms with van der Waals surface area (Å²) in [5, 5.41) is 3.81. The molecule has 0 fully saturated rings. The second kappa shape index (κ2) is 3.87. The van der Waals surface area contributed by atoms with Crippen LogP contribution < -0.4 is 5.73 Å². The molecule has 0 aliphatic carbocycles. The minimum absolute atomic E-state index is 0.137. The van der Waals surface area contributed by atoms with Gasteiger partial charge in [0.05, 0.1) is 12.2 Å². The van der Waals surface area contributed by atoms with Crippen LogP contribution in [0, 0.1) is 6.92 Å². The molecule has 3 heteroatoms. The quantitative estimate of drug-likeness (QED) is 0.814. The summed E-state index contributed by atoms with van der Waals surface area (Å²) in [6, 6.07) is 7.99. The van der Waals surface area contributed by atoms with E-state index in [1.165, 1.54) is 5.56 Å². The van der Waals surface area contributed by atoms with Crippen LogP contribution in [-0.2, 0) is 0 Å². The molecule has 0 spiro atoms. The van der Waals surface area contributed by atoms with Crippen LogP contribution in [0.15, 0.2) is 35.0 Å². The highest BCUT2D eigenvalue weighted by Crippen LogP contribution is 2.29. The summed E-state index contributed by atoms with van der Waals surface area (Å²) in [7, 11) is 0. The molecule has 2 rings (SSSR count). The molecule has 2 aromatic rings. The van der Waals surface area contributed by atoms with Gasteiger partial charge in [0.2, 0.25) is 0 Å². The molecule has 1 aromatic heterocycles. The first kappa shape index (κ1) is 9.93. The number of hydrogen-bond donors (Lipinski definition) is 1. The van der Waals surface area contributed by atoms with Crippen molar-refractivity contribution < 1.29 is 4.52 Å². The van der Waals surface area contributed by atoms with E-state index in [4.69, 9.17) is 10.3 Å². The first-order valence-corrected chi connectivity index (χ1v) is 4.96. The Morgan fingerprint density at radius 1 is 1.27 bits per heavy atom. The van der Waals surface area contributed by atoms with E-state index < -0.39 is 0 Å². The molecule has 78 valence electrons. The minimum Gasteiger partial charge on any atom is -0.359 e. The molecule has 0 aliphatic rings. The zero-order valence-electron chi connectivity index (χ0n) is 8.90. The van der Waals surface area contributed by atoms with E-state index in [-0.39, 0.29) is 6.04 Å². The fraction of sp³-hybridized carbons (Fsp3) is 0.250. The average Bonchev–Trinajstić information content (AvgIpc) is 2.67. The first-order chi connectivity index (χ1) is 7.20. The highest BCUT2D eigenvalue weighted by molar-refractivity contribution is 5.68. The van der Waals surface area contributed by atoms with Crippen molar-refractivity contribution in [2.75, 3.05) is 0 Å². The summed E-state index contributed by atoms with van der Waals surface area (Å²) in [5.41, 5.74) is 9.13. The van der Waals surface area contributed by atoms with Gasteiger partial charge in [0.15, 0.2) is 5.76 Å². The Bertz CT molecular complexity index is 460. The van der Waals surface area contributed by atoms with Gasteiger partial charge >= 0.3 is 0 Å². The van der Waals surface area contributed by atoms with Crippen molar-refractivity contribution in [3.63, 3.8) is 0 Å². The van der Waals surface area contributed by atoms with E-state index in [0.29, 0.717) is 0 Å². The van der Waals surface area contributed by atoms with Crippen LogP contribution in [-0.4, -0.2) is 5.16 Å². The van der Waals surface area contributed by atoms with Gasteiger partial charge in [-0.25, -0.2) is 0 Å². The van der Waals surface area contributed by atoms with Gasteiger partial charge in [0, 0.05) is 5.56 Å². The normalized spacial score (nSPS) is 12.7. The maximum absolute atomic E-state index is 5.81. The number of nitrogens with two attached hydrogens (primary N) is 1. The van der Waals surface area contributed by atoms with Crippen molar-refractivity contribution in [1.82, 2.24) is 5.16 Å². The molecular weight excluding hydrogens is 188 g/mol. The maximum Gasteiger partial charge on any atom is 0.160 e. The smallest absolute Gasteiger partial charge is 0.160 e. The lowest BCUT2D eigenvalue weighted by molar-refractivity contribution is 0.368. The second-order valence-corrected chi connectivity index (χ2v) is 3.71. The number of rotatable bonds is 2. The highest BCUT2D eigenvalue weighted by Gasteiger charge is 2.14. The summed E-state index contributed by atoms with van der Waals surface area (Å²) in [5.74, 6) is 0.740. The van der Waals surface area contributed by atoms with Gasteiger partial charge in [0.25, 0.3) is 0 Å². The van der Waals surface area contributed by atoms with E-state index in [0.717, 1.165) is 16.9 Å². The summed E-state index contributed by atoms with van der Waals surface area (Å²) < 4.78 is 5.16. The third-order valence-corrected chi connectivity index (χ3v) is 2.45. The lowest BCUT2D eigenvalue weighted by Crippen LogP contribution is -2.04. The van der Waals surface area contributed by atoms with Crippen LogP contribution in [0.1, 0.15) is 24.3 Å². The van der Waals surface area contributed by atoms with Crippen LogP contribution in [0.25, 0.3) is 11.1 Å². The Morgan fingerprint density at radius 3 is 2.67 bits per heavy atom. The molecule has 0 saturated heterocycles. The second-order valence-electron chi connectivity index (χ2n) is 3.71. The Labute approximate surface area is 88.9 Å². The SMILES string of the molecule is Cc1ccccc1-c1cnoc1C(C)N. The van der Waals surface area contributed by atoms with E-state index >= 15 is 0 Å². The third-order valence-electron chi connectivity index (χ3n) is 2.45. The van der Waals surface area contributed by atoms with Gasteiger partial charge < -0.3 is 10.3 Å². The largest absolute Gasteiger partial charge is 0.359 e. The summed E-state index contributed by atoms with van der Waals surface area (Å²) in [6.45, 7) is 3.95. The van der Waals surface area contributed by atoms with Crippen LogP contribution in [0.5, 0.6) is 0 Å². The number of nitrogens with zero attached hydrogens (tertiary/aromatic N) is 1. The zero-order valence-corrected chi connectivity index (χ0v) is 8.90. The summed E-state index contributed by atoms with van der Waals surface area (Å²) in [4.78, 5) is 0. The molecule has 2 N–H and O–H groups in total. The Balaban J connectivity index is 2.55. The lowest BCUT2D eigenvalue weighted by Gasteiger charge is -2.06. The average molecular weight is 202 g/mol. The van der Waals surface area contributed by atoms with Crippen molar-refractivity contribution in [3.8, 4) is 11.1 Å². The first-order valence-electron chi connectivity index (χ1n) is 4.96. The molecule has 0 saturated carbocycles. The number of hydrogen-bond acceptors (Lipinski definition) is 3. The lowest BCUT2D eigenvalue weighted by atomic mass is 10.00. The van der Waals surface area contributed by atoms with E-state index in [1.54, 1.807) is 6.20 Å². The Morgan fingerprint density at radius 2 is 2.00 bits per heavy atom. The van der Waals surface area contributed by atoms with Gasteiger partial charge in [-0.2, -0.15) is 0 Å². The van der Waals surface area contributed by atoms with Crippen LogP contribution >= 0.6 is 0 Å². The van der Waals surface area contributed by atoms with E-state index in [2.05, 4.69) is 18.1 Å². The van der Waals surface area contributed by atoms with Gasteiger partial charge in [-0.15, -0.1) is 0 Å². The fourth-order valence-electron chi connectivity index (χ4n) is 1.65. The minimum atomic E-state index is -0.137. The fourth-order valence-corrected chi connectivity index (χ4v) is 1.65. The van der Waals surface area contributed by atoms with Gasteiger partial charge in [-0.05, 0) is 25.0 Å². The molecule has 0 bridgehead atoms. The van der Waals surface area contributed by atoms with Gasteiger partial charge in [0.1, 0.15) is 0 Å². The molecule has 3 nitrogen and oxygen atoms in total. The standard InChI is InChI=1S/C12H14N2O/c1-8-5-3-4-6-10(8)11-7-14-15-12(11)9(2)13/h3-7,9H,13H2,1-2H3. The van der Waals surface area contributed by atoms with Crippen molar-refractivity contribution in [1.29, 1.82) is 0 Å². The molecule has 1 unspecified atom stereocenters. The zero-order chi connectivity index (χ0) is 10.8. The Hall–Kier alpha value is -1.61. The Kier molecular flexibility index (Phi) is 2.56. The molecule has 1 heterocycles. The number of aromatic nitrogens is 1. The van der Waals surface area contributed by atoms with Crippen LogP contribution in [0.4, 0.5) is 0 Å². The van der Waals surface area contributed by atoms with Crippen LogP contribution in [0.2, 0.25) is 0 Å². The van der Waals surface area contributed by atoms with Gasteiger partial charge in [-0.1, -0.05) is 29.4 Å². The number of benzene rings is 1. The van der Waals surface area contributed by atoms with Crippen molar-refractivity contribution in [3.05, 3.63) is 41.8 Å². The topological polar surface area (TPSA) is 52.0 Å². The molecule has 1 aromatic carbocycles. The predicted molar refractivity (Wildman–Crippen MR) is 59.3 cm³/mol. The molecule has 0 radical (unpaired) electrons. The molecule has 1 atom stereocenters. The third kappa shape index (κ3) is 1.78. The number of aryl methyl sites for hydroxylation is 1. The van der Waals surface area contributed by atoms with Gasteiger partial charge in [-0.3, -0.25) is 0 Å². The summed E-state index contributed by atoms with van der Waals surface area (Å²) in [6.07, 6.45) is 1.72. The maximum atomic E-state index is 5.81. The molecule has 0 aliphatic heterocycles. The van der Waals surface area contributed by atoms with Crippen molar-refractivity contribution in [2.45, 2.75) is 19.9 Å². The molecular formula is C12H14N2O. The highest BCUT2D eigenvalue weighted by atomic mass is 16.5. The van der Waals surface area contributed by atoms with Crippen LogP contribution in [0.3, 0.4) is 0 Å². The van der Waals surface area contributed by atoms with Crippen molar-refractivity contribution >= 4 is 0 Å². The van der Waals surface area contributed by atoms with E-state index in [1.807, 2.05) is 25.1 Å². The molecule has 15 heavy (non-hydrogen) atoms. The molecule has 0 amide bonds.